The van der Waals surface area contributed by atoms with Gasteiger partial charge in [-0.1, -0.05) is 24.3 Å². The first-order valence-corrected chi connectivity index (χ1v) is 11.3. The summed E-state index contributed by atoms with van der Waals surface area (Å²) in [6.07, 6.45) is 3.07. The summed E-state index contributed by atoms with van der Waals surface area (Å²) >= 11 is 1.29. The van der Waals surface area contributed by atoms with Gasteiger partial charge in [0.05, 0.1) is 20.8 Å². The summed E-state index contributed by atoms with van der Waals surface area (Å²) in [5.74, 6) is 0.353. The third-order valence-corrected chi connectivity index (χ3v) is 6.06. The van der Waals surface area contributed by atoms with Gasteiger partial charge in [0.15, 0.2) is 11.5 Å². The van der Waals surface area contributed by atoms with Crippen LogP contribution in [-0.4, -0.2) is 32.7 Å². The van der Waals surface area contributed by atoms with Gasteiger partial charge in [0.1, 0.15) is 10.6 Å². The average Bonchev–Trinajstić information content (AvgIpc) is 3.22. The van der Waals surface area contributed by atoms with Crippen LogP contribution in [-0.2, 0) is 9.53 Å². The quantitative estimate of drug-likeness (QED) is 0.332. The number of methoxy groups -OCH3 is 2. The molecular weight excluding hydrogens is 438 g/mol. The Hall–Kier alpha value is -3.58. The molecule has 3 aromatic rings. The van der Waals surface area contributed by atoms with Crippen molar-refractivity contribution in [2.45, 2.75) is 20.8 Å². The van der Waals surface area contributed by atoms with Gasteiger partial charge in [-0.05, 0) is 61.2 Å². The molecule has 0 fully saturated rings. The number of thiophene rings is 1. The maximum Gasteiger partial charge on any atom is 0.341 e. The molecule has 1 heterocycles. The second-order valence-corrected chi connectivity index (χ2v) is 8.19. The van der Waals surface area contributed by atoms with E-state index in [4.69, 9.17) is 14.2 Å². The first-order chi connectivity index (χ1) is 15.9. The van der Waals surface area contributed by atoms with Crippen molar-refractivity contribution < 1.29 is 23.8 Å². The normalized spacial score (nSPS) is 10.8. The topological polar surface area (TPSA) is 73.9 Å². The van der Waals surface area contributed by atoms with Crippen molar-refractivity contribution in [3.05, 3.63) is 70.1 Å². The van der Waals surface area contributed by atoms with E-state index in [1.165, 1.54) is 23.0 Å². The Labute approximate surface area is 197 Å². The van der Waals surface area contributed by atoms with E-state index in [2.05, 4.69) is 5.32 Å². The smallest absolute Gasteiger partial charge is 0.341 e. The van der Waals surface area contributed by atoms with Gasteiger partial charge in [-0.15, -0.1) is 11.3 Å². The van der Waals surface area contributed by atoms with E-state index in [9.17, 15) is 9.59 Å². The first kappa shape index (κ1) is 24.1. The highest BCUT2D eigenvalue weighted by Gasteiger charge is 2.22. The number of nitrogens with one attached hydrogen (secondary N) is 1. The van der Waals surface area contributed by atoms with Crippen LogP contribution in [0.5, 0.6) is 11.5 Å². The van der Waals surface area contributed by atoms with E-state index < -0.39 is 5.97 Å². The molecule has 0 saturated carbocycles. The van der Waals surface area contributed by atoms with E-state index in [1.807, 2.05) is 43.5 Å². The molecule has 1 amide bonds. The molecule has 3 rings (SSSR count). The summed E-state index contributed by atoms with van der Waals surface area (Å²) in [5, 5.41) is 5.14. The number of benzene rings is 2. The van der Waals surface area contributed by atoms with Crippen molar-refractivity contribution >= 4 is 34.3 Å². The van der Waals surface area contributed by atoms with Gasteiger partial charge >= 0.3 is 5.97 Å². The fraction of sp³-hybridized carbons (Fsp3) is 0.231. The molecule has 2 aromatic carbocycles. The van der Waals surface area contributed by atoms with Crippen molar-refractivity contribution in [3.63, 3.8) is 0 Å². The van der Waals surface area contributed by atoms with E-state index in [0.717, 1.165) is 22.3 Å². The number of hydrogen-bond acceptors (Lipinski definition) is 6. The summed E-state index contributed by atoms with van der Waals surface area (Å²) in [4.78, 5) is 25.4. The van der Waals surface area contributed by atoms with Crippen molar-refractivity contribution in [1.82, 2.24) is 0 Å². The van der Waals surface area contributed by atoms with Crippen molar-refractivity contribution in [3.8, 4) is 22.6 Å². The van der Waals surface area contributed by atoms with E-state index in [-0.39, 0.29) is 12.5 Å². The summed E-state index contributed by atoms with van der Waals surface area (Å²) < 4.78 is 15.8. The van der Waals surface area contributed by atoms with Gasteiger partial charge in [-0.25, -0.2) is 4.79 Å². The van der Waals surface area contributed by atoms with Gasteiger partial charge in [-0.2, -0.15) is 0 Å². The molecule has 6 nitrogen and oxygen atoms in total. The second kappa shape index (κ2) is 10.8. The summed E-state index contributed by atoms with van der Waals surface area (Å²) in [6.45, 7) is 6.06. The molecule has 0 unspecified atom stereocenters. The Morgan fingerprint density at radius 3 is 2.42 bits per heavy atom. The predicted molar refractivity (Wildman–Crippen MR) is 132 cm³/mol. The highest BCUT2D eigenvalue weighted by Crippen LogP contribution is 2.37. The standard InChI is InChI=1S/C26H27NO5S/c1-6-32-26(29)24-20(19-10-7-16(2)17(3)13-19)15-33-25(24)27-23(28)12-9-18-8-11-21(30-4)22(14-18)31-5/h7-15H,6H2,1-5H3,(H,27,28). The zero-order chi connectivity index (χ0) is 24.0. The maximum absolute atomic E-state index is 12.8. The lowest BCUT2D eigenvalue weighted by Gasteiger charge is -2.09. The SMILES string of the molecule is CCOC(=O)c1c(-c2ccc(C)c(C)c2)csc1NC(=O)C=Cc1ccc(OC)c(OC)c1. The Balaban J connectivity index is 1.87. The van der Waals surface area contributed by atoms with Crippen LogP contribution in [0.3, 0.4) is 0 Å². The summed E-state index contributed by atoms with van der Waals surface area (Å²) in [5.41, 5.74) is 5.06. The zero-order valence-corrected chi connectivity index (χ0v) is 20.2. The van der Waals surface area contributed by atoms with Crippen LogP contribution in [0.2, 0.25) is 0 Å². The Morgan fingerprint density at radius 2 is 1.76 bits per heavy atom. The molecule has 0 atom stereocenters. The Bertz CT molecular complexity index is 1200. The molecule has 0 radical (unpaired) electrons. The number of anilines is 1. The fourth-order valence-electron chi connectivity index (χ4n) is 3.26. The monoisotopic (exact) mass is 465 g/mol. The number of carbonyl (C=O) groups is 2. The van der Waals surface area contributed by atoms with Crippen LogP contribution in [0.15, 0.2) is 47.9 Å². The van der Waals surface area contributed by atoms with Crippen LogP contribution in [0.4, 0.5) is 5.00 Å². The van der Waals surface area contributed by atoms with Crippen LogP contribution in [0.1, 0.15) is 34.0 Å². The van der Waals surface area contributed by atoms with Crippen molar-refractivity contribution in [2.24, 2.45) is 0 Å². The number of hydrogen-bond donors (Lipinski definition) is 1. The van der Waals surface area contributed by atoms with Crippen LogP contribution >= 0.6 is 11.3 Å². The Morgan fingerprint density at radius 1 is 1.00 bits per heavy atom. The number of ether oxygens (including phenoxy) is 3. The van der Waals surface area contributed by atoms with Crippen molar-refractivity contribution in [2.75, 3.05) is 26.1 Å². The zero-order valence-electron chi connectivity index (χ0n) is 19.4. The first-order valence-electron chi connectivity index (χ1n) is 10.4. The number of carbonyl (C=O) groups excluding carboxylic acids is 2. The average molecular weight is 466 g/mol. The van der Waals surface area contributed by atoms with Gasteiger partial charge in [-0.3, -0.25) is 4.79 Å². The minimum atomic E-state index is -0.467. The molecule has 0 bridgehead atoms. The number of esters is 1. The summed E-state index contributed by atoms with van der Waals surface area (Å²) in [7, 11) is 3.12. The molecule has 0 spiro atoms. The minimum Gasteiger partial charge on any atom is -0.493 e. The van der Waals surface area contributed by atoms with Crippen LogP contribution in [0, 0.1) is 13.8 Å². The lowest BCUT2D eigenvalue weighted by atomic mass is 9.99. The van der Waals surface area contributed by atoms with E-state index in [0.29, 0.717) is 22.1 Å². The molecule has 0 saturated heterocycles. The number of rotatable bonds is 8. The van der Waals surface area contributed by atoms with E-state index in [1.54, 1.807) is 39.4 Å². The molecule has 7 heteroatoms. The largest absolute Gasteiger partial charge is 0.493 e. The third-order valence-electron chi connectivity index (χ3n) is 5.16. The second-order valence-electron chi connectivity index (χ2n) is 7.31. The van der Waals surface area contributed by atoms with Gasteiger partial charge in [0, 0.05) is 17.0 Å². The number of aryl methyl sites for hydroxylation is 2. The molecule has 1 aromatic heterocycles. The minimum absolute atomic E-state index is 0.244. The third kappa shape index (κ3) is 5.62. The van der Waals surface area contributed by atoms with Crippen LogP contribution < -0.4 is 14.8 Å². The van der Waals surface area contributed by atoms with Crippen molar-refractivity contribution in [1.29, 1.82) is 0 Å². The Kier molecular flexibility index (Phi) is 7.90. The molecule has 0 aliphatic rings. The predicted octanol–water partition coefficient (Wildman–Crippen LogP) is 5.88. The van der Waals surface area contributed by atoms with Gasteiger partial charge in [0.25, 0.3) is 0 Å². The molecule has 172 valence electrons. The highest BCUT2D eigenvalue weighted by molar-refractivity contribution is 7.15. The summed E-state index contributed by atoms with van der Waals surface area (Å²) in [6, 6.07) is 11.4. The molecular formula is C26H27NO5S. The molecule has 1 N–H and O–H groups in total. The van der Waals surface area contributed by atoms with Crippen LogP contribution in [0.25, 0.3) is 17.2 Å². The van der Waals surface area contributed by atoms with Gasteiger partial charge in [0.2, 0.25) is 5.91 Å². The van der Waals surface area contributed by atoms with Gasteiger partial charge < -0.3 is 19.5 Å². The lowest BCUT2D eigenvalue weighted by molar-refractivity contribution is -0.111. The molecule has 0 aliphatic heterocycles. The van der Waals surface area contributed by atoms with E-state index >= 15 is 0 Å². The number of amides is 1. The highest BCUT2D eigenvalue weighted by atomic mass is 32.1. The lowest BCUT2D eigenvalue weighted by Crippen LogP contribution is -2.12. The molecule has 33 heavy (non-hydrogen) atoms. The fourth-order valence-corrected chi connectivity index (χ4v) is 4.22. The maximum atomic E-state index is 12.8. The molecule has 0 aliphatic carbocycles.